The van der Waals surface area contributed by atoms with Crippen molar-refractivity contribution >= 4 is 11.3 Å². The lowest BCUT2D eigenvalue weighted by Gasteiger charge is -2.22. The average Bonchev–Trinajstić information content (AvgIpc) is 2.97. The zero-order valence-corrected chi connectivity index (χ0v) is 11.6. The smallest absolute Gasteiger partial charge is 0.152 e. The first kappa shape index (κ1) is 13.3. The summed E-state index contributed by atoms with van der Waals surface area (Å²) in [5.41, 5.74) is 1.01. The van der Waals surface area contributed by atoms with Crippen molar-refractivity contribution in [2.45, 2.75) is 25.4 Å². The summed E-state index contributed by atoms with van der Waals surface area (Å²) in [5.74, 6) is 0.881. The highest BCUT2D eigenvalue weighted by Gasteiger charge is 2.12. The fourth-order valence-electron chi connectivity index (χ4n) is 2.48. The van der Waals surface area contributed by atoms with Crippen LogP contribution in [0.2, 0.25) is 0 Å². The van der Waals surface area contributed by atoms with E-state index in [9.17, 15) is 0 Å². The highest BCUT2D eigenvalue weighted by Crippen LogP contribution is 2.12. The summed E-state index contributed by atoms with van der Waals surface area (Å²) < 4.78 is 7.70. The van der Waals surface area contributed by atoms with Gasteiger partial charge in [-0.05, 0) is 38.4 Å². The maximum absolute atomic E-state index is 5.88. The number of piperidine rings is 1. The number of aromatic nitrogens is 3. The number of ether oxygens (including phenoxy) is 1. The SMILES string of the molecule is c1cn2nccc2c(NCCCOC2CCNCC2)n1. The van der Waals surface area contributed by atoms with Crippen LogP contribution in [0.1, 0.15) is 19.3 Å². The zero-order chi connectivity index (χ0) is 13.6. The molecule has 6 nitrogen and oxygen atoms in total. The van der Waals surface area contributed by atoms with Gasteiger partial charge in [-0.25, -0.2) is 9.50 Å². The molecule has 1 fully saturated rings. The van der Waals surface area contributed by atoms with Crippen molar-refractivity contribution in [2.24, 2.45) is 0 Å². The molecule has 0 aromatic carbocycles. The fourth-order valence-corrected chi connectivity index (χ4v) is 2.48. The molecule has 2 aromatic rings. The molecule has 3 heterocycles. The molecule has 0 aliphatic carbocycles. The van der Waals surface area contributed by atoms with Crippen LogP contribution in [-0.2, 0) is 4.74 Å². The van der Waals surface area contributed by atoms with Crippen molar-refractivity contribution in [2.75, 3.05) is 31.6 Å². The Morgan fingerprint density at radius 2 is 2.25 bits per heavy atom. The first-order valence-corrected chi connectivity index (χ1v) is 7.28. The van der Waals surface area contributed by atoms with Gasteiger partial charge in [0.25, 0.3) is 0 Å². The monoisotopic (exact) mass is 275 g/mol. The van der Waals surface area contributed by atoms with Gasteiger partial charge in [0.05, 0.1) is 12.3 Å². The molecule has 108 valence electrons. The Balaban J connectivity index is 1.40. The molecule has 1 saturated heterocycles. The quantitative estimate of drug-likeness (QED) is 0.778. The Labute approximate surface area is 118 Å². The van der Waals surface area contributed by atoms with E-state index in [2.05, 4.69) is 20.7 Å². The van der Waals surface area contributed by atoms with Gasteiger partial charge in [-0.3, -0.25) is 0 Å². The lowest BCUT2D eigenvalue weighted by molar-refractivity contribution is 0.0329. The molecule has 6 heteroatoms. The Morgan fingerprint density at radius 3 is 3.15 bits per heavy atom. The lowest BCUT2D eigenvalue weighted by Crippen LogP contribution is -2.32. The second kappa shape index (κ2) is 6.67. The number of nitrogens with one attached hydrogen (secondary N) is 2. The minimum absolute atomic E-state index is 0.438. The summed E-state index contributed by atoms with van der Waals surface area (Å²) in [6.07, 6.45) is 9.07. The first-order valence-electron chi connectivity index (χ1n) is 7.28. The Bertz CT molecular complexity index is 535. The topological polar surface area (TPSA) is 63.5 Å². The summed E-state index contributed by atoms with van der Waals surface area (Å²) in [6.45, 7) is 3.83. The van der Waals surface area contributed by atoms with Crippen LogP contribution in [0.25, 0.3) is 5.52 Å². The van der Waals surface area contributed by atoms with Crippen LogP contribution >= 0.6 is 0 Å². The van der Waals surface area contributed by atoms with E-state index in [-0.39, 0.29) is 0 Å². The molecule has 0 bridgehead atoms. The standard InChI is InChI=1S/C14H21N5O/c1(11-20-12-2-6-15-7-3-12)5-16-14-13-4-8-18-19(13)10-9-17-14/h4,8-10,12,15H,1-3,5-7,11H2,(H,16,17). The van der Waals surface area contributed by atoms with Crippen LogP contribution in [-0.4, -0.2) is 46.9 Å². The van der Waals surface area contributed by atoms with Crippen molar-refractivity contribution in [1.82, 2.24) is 19.9 Å². The minimum atomic E-state index is 0.438. The molecule has 0 amide bonds. The molecular weight excluding hydrogens is 254 g/mol. The van der Waals surface area contributed by atoms with Crippen LogP contribution < -0.4 is 10.6 Å². The van der Waals surface area contributed by atoms with Crippen LogP contribution in [0.4, 0.5) is 5.82 Å². The van der Waals surface area contributed by atoms with Gasteiger partial charge in [0.15, 0.2) is 5.82 Å². The Kier molecular flexibility index (Phi) is 4.45. The molecule has 0 radical (unpaired) electrons. The van der Waals surface area contributed by atoms with E-state index in [1.807, 2.05) is 16.8 Å². The van der Waals surface area contributed by atoms with E-state index in [0.29, 0.717) is 6.10 Å². The van der Waals surface area contributed by atoms with E-state index in [0.717, 1.165) is 56.8 Å². The molecule has 0 spiro atoms. The third kappa shape index (κ3) is 3.26. The van der Waals surface area contributed by atoms with E-state index in [4.69, 9.17) is 4.74 Å². The highest BCUT2D eigenvalue weighted by atomic mass is 16.5. The molecule has 0 unspecified atom stereocenters. The maximum atomic E-state index is 5.88. The number of hydrogen-bond acceptors (Lipinski definition) is 5. The molecule has 20 heavy (non-hydrogen) atoms. The van der Waals surface area contributed by atoms with Crippen molar-refractivity contribution in [1.29, 1.82) is 0 Å². The van der Waals surface area contributed by atoms with Crippen molar-refractivity contribution < 1.29 is 4.74 Å². The fraction of sp³-hybridized carbons (Fsp3) is 0.571. The van der Waals surface area contributed by atoms with Crippen molar-refractivity contribution in [3.8, 4) is 0 Å². The van der Waals surface area contributed by atoms with Gasteiger partial charge in [-0.1, -0.05) is 0 Å². The molecule has 0 saturated carbocycles. The third-order valence-corrected chi connectivity index (χ3v) is 3.58. The third-order valence-electron chi connectivity index (χ3n) is 3.58. The number of rotatable bonds is 6. The maximum Gasteiger partial charge on any atom is 0.152 e. The number of fused-ring (bicyclic) bond motifs is 1. The first-order chi connectivity index (χ1) is 9.93. The number of nitrogens with zero attached hydrogens (tertiary/aromatic N) is 3. The van der Waals surface area contributed by atoms with Crippen molar-refractivity contribution in [3.63, 3.8) is 0 Å². The van der Waals surface area contributed by atoms with Gasteiger partial charge in [0, 0.05) is 25.5 Å². The van der Waals surface area contributed by atoms with E-state index in [1.54, 1.807) is 12.4 Å². The van der Waals surface area contributed by atoms with E-state index >= 15 is 0 Å². The van der Waals surface area contributed by atoms with Crippen LogP contribution in [0.5, 0.6) is 0 Å². The molecule has 0 atom stereocenters. The summed E-state index contributed by atoms with van der Waals surface area (Å²) in [4.78, 5) is 4.35. The molecule has 2 aromatic heterocycles. The minimum Gasteiger partial charge on any atom is -0.378 e. The molecule has 2 N–H and O–H groups in total. The number of anilines is 1. The van der Waals surface area contributed by atoms with Gasteiger partial charge < -0.3 is 15.4 Å². The average molecular weight is 275 g/mol. The zero-order valence-electron chi connectivity index (χ0n) is 11.6. The largest absolute Gasteiger partial charge is 0.378 e. The Hall–Kier alpha value is -1.66. The summed E-state index contributed by atoms with van der Waals surface area (Å²) in [7, 11) is 0. The van der Waals surface area contributed by atoms with Gasteiger partial charge in [0.1, 0.15) is 5.52 Å². The number of hydrogen-bond donors (Lipinski definition) is 2. The van der Waals surface area contributed by atoms with Crippen molar-refractivity contribution in [3.05, 3.63) is 24.7 Å². The van der Waals surface area contributed by atoms with Gasteiger partial charge in [-0.2, -0.15) is 5.10 Å². The van der Waals surface area contributed by atoms with Gasteiger partial charge in [0.2, 0.25) is 0 Å². The Morgan fingerprint density at radius 1 is 1.35 bits per heavy atom. The normalized spacial score (nSPS) is 16.6. The van der Waals surface area contributed by atoms with Crippen LogP contribution in [0, 0.1) is 0 Å². The predicted molar refractivity (Wildman–Crippen MR) is 77.9 cm³/mol. The van der Waals surface area contributed by atoms with Gasteiger partial charge in [-0.15, -0.1) is 0 Å². The van der Waals surface area contributed by atoms with Crippen LogP contribution in [0.15, 0.2) is 24.7 Å². The molecule has 1 aliphatic rings. The summed E-state index contributed by atoms with van der Waals surface area (Å²) in [5, 5.41) is 10.9. The second-order valence-electron chi connectivity index (χ2n) is 5.04. The second-order valence-corrected chi connectivity index (χ2v) is 5.04. The molecular formula is C14H21N5O. The summed E-state index contributed by atoms with van der Waals surface area (Å²) in [6, 6.07) is 1.96. The van der Waals surface area contributed by atoms with Crippen LogP contribution in [0.3, 0.4) is 0 Å². The van der Waals surface area contributed by atoms with Gasteiger partial charge >= 0.3 is 0 Å². The summed E-state index contributed by atoms with van der Waals surface area (Å²) >= 11 is 0. The van der Waals surface area contributed by atoms with E-state index in [1.165, 1.54) is 0 Å². The predicted octanol–water partition coefficient (Wildman–Crippen LogP) is 1.30. The highest BCUT2D eigenvalue weighted by molar-refractivity contribution is 5.66. The van der Waals surface area contributed by atoms with E-state index < -0.39 is 0 Å². The lowest BCUT2D eigenvalue weighted by atomic mass is 10.1. The molecule has 1 aliphatic heterocycles. The molecule has 3 rings (SSSR count).